The van der Waals surface area contributed by atoms with Crippen LogP contribution in [0, 0.1) is 0 Å². The van der Waals surface area contributed by atoms with Gasteiger partial charge in [0.15, 0.2) is 5.16 Å². The van der Waals surface area contributed by atoms with Gasteiger partial charge in [-0.1, -0.05) is 54.2 Å². The molecule has 7 nitrogen and oxygen atoms in total. The Balaban J connectivity index is 1.41. The summed E-state index contributed by atoms with van der Waals surface area (Å²) in [6.07, 6.45) is 0. The normalized spacial score (nSPS) is 15.6. The molecular weight excluding hydrogens is 436 g/mol. The third kappa shape index (κ3) is 5.63. The van der Waals surface area contributed by atoms with Gasteiger partial charge in [-0.05, 0) is 24.6 Å². The lowest BCUT2D eigenvalue weighted by atomic mass is 10.2. The molecule has 0 aliphatic carbocycles. The van der Waals surface area contributed by atoms with Crippen LogP contribution >= 0.6 is 11.8 Å². The van der Waals surface area contributed by atoms with Crippen LogP contribution in [-0.4, -0.2) is 70.9 Å². The highest BCUT2D eigenvalue weighted by molar-refractivity contribution is 7.99. The molecule has 3 aromatic rings. The Bertz CT molecular complexity index is 1140. The zero-order chi connectivity index (χ0) is 23.2. The zero-order valence-corrected chi connectivity index (χ0v) is 20.0. The van der Waals surface area contributed by atoms with E-state index in [2.05, 4.69) is 29.2 Å². The van der Waals surface area contributed by atoms with Gasteiger partial charge in [0.25, 0.3) is 5.56 Å². The van der Waals surface area contributed by atoms with E-state index >= 15 is 0 Å². The first-order valence-corrected chi connectivity index (χ1v) is 12.2. The number of nitrogens with zero attached hydrogens (tertiary/aromatic N) is 4. The van der Waals surface area contributed by atoms with E-state index in [1.807, 2.05) is 36.1 Å². The summed E-state index contributed by atoms with van der Waals surface area (Å²) >= 11 is 1.33. The molecule has 1 aliphatic heterocycles. The maximum absolute atomic E-state index is 13.2. The Morgan fingerprint density at radius 1 is 1.06 bits per heavy atom. The van der Waals surface area contributed by atoms with Crippen molar-refractivity contribution in [2.24, 2.45) is 0 Å². The fourth-order valence-corrected chi connectivity index (χ4v) is 5.15. The predicted molar refractivity (Wildman–Crippen MR) is 132 cm³/mol. The molecule has 0 spiro atoms. The number of amides is 1. The minimum absolute atomic E-state index is 0.0766. The molecule has 1 saturated heterocycles. The molecule has 8 heteroatoms. The largest absolute Gasteiger partial charge is 0.383 e. The van der Waals surface area contributed by atoms with Gasteiger partial charge < -0.3 is 9.64 Å². The Morgan fingerprint density at radius 3 is 2.48 bits per heavy atom. The minimum Gasteiger partial charge on any atom is -0.383 e. The molecule has 174 valence electrons. The second-order valence-electron chi connectivity index (χ2n) is 8.32. The first kappa shape index (κ1) is 23.5. The highest BCUT2D eigenvalue weighted by Crippen LogP contribution is 2.22. The summed E-state index contributed by atoms with van der Waals surface area (Å²) in [5.74, 6) is 0.330. The number of aromatic nitrogens is 2. The maximum Gasteiger partial charge on any atom is 0.262 e. The summed E-state index contributed by atoms with van der Waals surface area (Å²) in [6.45, 7) is 6.37. The Labute approximate surface area is 198 Å². The van der Waals surface area contributed by atoms with Crippen molar-refractivity contribution in [3.63, 3.8) is 0 Å². The quantitative estimate of drug-likeness (QED) is 0.376. The summed E-state index contributed by atoms with van der Waals surface area (Å²) in [4.78, 5) is 35.1. The van der Waals surface area contributed by atoms with Gasteiger partial charge in [-0.25, -0.2) is 4.98 Å². The van der Waals surface area contributed by atoms with Crippen molar-refractivity contribution in [3.8, 4) is 0 Å². The topological polar surface area (TPSA) is 67.7 Å². The summed E-state index contributed by atoms with van der Waals surface area (Å²) in [5, 5.41) is 1.13. The number of thioether (sulfide) groups is 1. The van der Waals surface area contributed by atoms with Crippen LogP contribution in [0.15, 0.2) is 64.5 Å². The average molecular weight is 467 g/mol. The molecule has 1 amide bonds. The summed E-state index contributed by atoms with van der Waals surface area (Å²) in [6, 6.07) is 17.5. The summed E-state index contributed by atoms with van der Waals surface area (Å²) < 4.78 is 6.93. The van der Waals surface area contributed by atoms with Gasteiger partial charge in [0.05, 0.1) is 29.3 Å². The lowest BCUT2D eigenvalue weighted by Crippen LogP contribution is -2.48. The molecule has 1 fully saturated rings. The number of methoxy groups -OCH3 is 1. The van der Waals surface area contributed by atoms with Crippen LogP contribution in [0.4, 0.5) is 0 Å². The van der Waals surface area contributed by atoms with Crippen molar-refractivity contribution in [3.05, 3.63) is 70.5 Å². The Morgan fingerprint density at radius 2 is 1.76 bits per heavy atom. The van der Waals surface area contributed by atoms with Crippen LogP contribution in [0.25, 0.3) is 10.9 Å². The SMILES string of the molecule is COC[C@@H](C)n1c(SCC(=O)N2CCN(Cc3ccccc3)CC2)nc2ccccc2c1=O. The molecule has 0 N–H and O–H groups in total. The van der Waals surface area contributed by atoms with Gasteiger partial charge in [-0.2, -0.15) is 0 Å². The van der Waals surface area contributed by atoms with E-state index in [4.69, 9.17) is 9.72 Å². The van der Waals surface area contributed by atoms with E-state index in [0.29, 0.717) is 35.8 Å². The van der Waals surface area contributed by atoms with E-state index in [9.17, 15) is 9.59 Å². The first-order valence-electron chi connectivity index (χ1n) is 11.2. The number of benzene rings is 2. The number of rotatable bonds is 8. The van der Waals surface area contributed by atoms with Crippen LogP contribution in [0.2, 0.25) is 0 Å². The fourth-order valence-electron chi connectivity index (χ4n) is 4.15. The number of ether oxygens (including phenoxy) is 1. The molecule has 4 rings (SSSR count). The minimum atomic E-state index is -0.182. The van der Waals surface area contributed by atoms with E-state index in [1.165, 1.54) is 17.3 Å². The highest BCUT2D eigenvalue weighted by atomic mass is 32.2. The number of carbonyl (C=O) groups excluding carboxylic acids is 1. The summed E-state index contributed by atoms with van der Waals surface area (Å²) in [5.41, 5.74) is 1.83. The van der Waals surface area contributed by atoms with Crippen LogP contribution in [-0.2, 0) is 16.1 Å². The van der Waals surface area contributed by atoms with E-state index < -0.39 is 0 Å². The van der Waals surface area contributed by atoms with Crippen LogP contribution in [0.1, 0.15) is 18.5 Å². The molecule has 0 unspecified atom stereocenters. The van der Waals surface area contributed by atoms with Crippen molar-refractivity contribution in [1.82, 2.24) is 19.4 Å². The number of hydrogen-bond donors (Lipinski definition) is 0. The fraction of sp³-hybridized carbons (Fsp3) is 0.400. The van der Waals surface area contributed by atoms with Crippen LogP contribution in [0.5, 0.6) is 0 Å². The predicted octanol–water partition coefficient (Wildman–Crippen LogP) is 3.04. The van der Waals surface area contributed by atoms with E-state index in [0.717, 1.165) is 19.6 Å². The average Bonchev–Trinajstić information content (AvgIpc) is 2.84. The number of hydrogen-bond acceptors (Lipinski definition) is 6. The van der Waals surface area contributed by atoms with Gasteiger partial charge in [0, 0.05) is 39.8 Å². The van der Waals surface area contributed by atoms with Crippen molar-refractivity contribution >= 4 is 28.6 Å². The van der Waals surface area contributed by atoms with Gasteiger partial charge in [-0.3, -0.25) is 19.1 Å². The zero-order valence-electron chi connectivity index (χ0n) is 19.1. The van der Waals surface area contributed by atoms with Gasteiger partial charge in [0.2, 0.25) is 5.91 Å². The van der Waals surface area contributed by atoms with Crippen molar-refractivity contribution in [2.45, 2.75) is 24.7 Å². The molecule has 2 heterocycles. The van der Waals surface area contributed by atoms with E-state index in [-0.39, 0.29) is 23.3 Å². The van der Waals surface area contributed by atoms with Gasteiger partial charge in [-0.15, -0.1) is 0 Å². The van der Waals surface area contributed by atoms with Crippen molar-refractivity contribution < 1.29 is 9.53 Å². The van der Waals surface area contributed by atoms with Crippen molar-refractivity contribution in [2.75, 3.05) is 45.6 Å². The highest BCUT2D eigenvalue weighted by Gasteiger charge is 2.23. The molecule has 1 atom stereocenters. The molecule has 0 radical (unpaired) electrons. The maximum atomic E-state index is 13.2. The molecule has 0 saturated carbocycles. The number of fused-ring (bicyclic) bond motifs is 1. The standard InChI is InChI=1S/C25H30N4O3S/c1-19(17-32-2)29-24(31)21-10-6-7-11-22(21)26-25(29)33-18-23(30)28-14-12-27(13-15-28)16-20-8-4-3-5-9-20/h3-11,19H,12-18H2,1-2H3/t19-/m1/s1. The molecule has 33 heavy (non-hydrogen) atoms. The molecule has 1 aromatic heterocycles. The molecule has 0 bridgehead atoms. The lowest BCUT2D eigenvalue weighted by Gasteiger charge is -2.34. The molecule has 1 aliphatic rings. The third-order valence-electron chi connectivity index (χ3n) is 5.92. The molecule has 2 aromatic carbocycles. The summed E-state index contributed by atoms with van der Waals surface area (Å²) in [7, 11) is 1.61. The second kappa shape index (κ2) is 11.0. The van der Waals surface area contributed by atoms with Gasteiger partial charge >= 0.3 is 0 Å². The second-order valence-corrected chi connectivity index (χ2v) is 9.26. The Kier molecular flexibility index (Phi) is 7.80. The third-order valence-corrected chi connectivity index (χ3v) is 6.86. The number of para-hydroxylation sites is 1. The Hall–Kier alpha value is -2.68. The monoisotopic (exact) mass is 466 g/mol. The first-order chi connectivity index (χ1) is 16.1. The number of piperazine rings is 1. The number of carbonyl (C=O) groups is 1. The smallest absolute Gasteiger partial charge is 0.262 e. The van der Waals surface area contributed by atoms with Crippen LogP contribution < -0.4 is 5.56 Å². The van der Waals surface area contributed by atoms with E-state index in [1.54, 1.807) is 17.7 Å². The van der Waals surface area contributed by atoms with Crippen molar-refractivity contribution in [1.29, 1.82) is 0 Å². The molecular formula is C25H30N4O3S. The lowest BCUT2D eigenvalue weighted by molar-refractivity contribution is -0.130. The van der Waals surface area contributed by atoms with Gasteiger partial charge in [0.1, 0.15) is 0 Å². The van der Waals surface area contributed by atoms with Crippen LogP contribution in [0.3, 0.4) is 0 Å².